The second-order valence-electron chi connectivity index (χ2n) is 18.6. The molecule has 3 N–H and O–H groups in total. The van der Waals surface area contributed by atoms with E-state index in [9.17, 15) is 18.3 Å². The number of esters is 1. The third-order valence-electron chi connectivity index (χ3n) is 16.3. The summed E-state index contributed by atoms with van der Waals surface area (Å²) >= 11 is 0. The van der Waals surface area contributed by atoms with Gasteiger partial charge in [0, 0.05) is 44.2 Å². The van der Waals surface area contributed by atoms with Gasteiger partial charge in [-0.2, -0.15) is 0 Å². The van der Waals surface area contributed by atoms with Crippen LogP contribution in [0.2, 0.25) is 0 Å². The maximum Gasteiger partial charge on any atom is 0.337 e. The number of aliphatic hydroxyl groups excluding tert-OH is 1. The van der Waals surface area contributed by atoms with Crippen LogP contribution in [0.5, 0.6) is 0 Å². The van der Waals surface area contributed by atoms with E-state index in [1.54, 1.807) is 0 Å². The smallest absolute Gasteiger partial charge is 0.337 e. The Kier molecular flexibility index (Phi) is 9.72. The largest absolute Gasteiger partial charge is 0.465 e. The van der Waals surface area contributed by atoms with Crippen LogP contribution in [-0.4, -0.2) is 92.9 Å². The highest BCUT2D eigenvalue weighted by molar-refractivity contribution is 7.91. The molecule has 0 spiro atoms. The molecule has 5 fully saturated rings. The summed E-state index contributed by atoms with van der Waals surface area (Å²) in [6.07, 6.45) is 11.5. The summed E-state index contributed by atoms with van der Waals surface area (Å²) in [6, 6.07) is 8.03. The molecule has 10 atom stereocenters. The molecule has 51 heavy (non-hydrogen) atoms. The van der Waals surface area contributed by atoms with E-state index in [-0.39, 0.29) is 44.8 Å². The minimum atomic E-state index is -2.89. The molecule has 2 aliphatic heterocycles. The molecule has 1 aromatic rings. The van der Waals surface area contributed by atoms with Gasteiger partial charge in [-0.05, 0) is 121 Å². The summed E-state index contributed by atoms with van der Waals surface area (Å²) in [5, 5.41) is 19.4. The number of hydrogen-bond acceptors (Lipinski definition) is 8. The van der Waals surface area contributed by atoms with Gasteiger partial charge in [-0.3, -0.25) is 0 Å². The molecule has 2 heterocycles. The number of fused-ring (bicyclic) bond motifs is 5. The number of nitrogens with zero attached hydrogens (tertiary/aromatic N) is 1. The van der Waals surface area contributed by atoms with E-state index in [1.165, 1.54) is 50.4 Å². The predicted octanol–water partition coefficient (Wildman–Crippen LogP) is 5.95. The van der Waals surface area contributed by atoms with E-state index in [4.69, 9.17) is 4.74 Å². The molecule has 3 saturated carbocycles. The van der Waals surface area contributed by atoms with Gasteiger partial charge in [0.15, 0.2) is 9.84 Å². The number of nitrogens with one attached hydrogen (secondary N) is 2. The number of methoxy groups -OCH3 is 1. The Balaban J connectivity index is 1.14. The lowest BCUT2D eigenvalue weighted by molar-refractivity contribution is -0.178. The Hall–Kier alpha value is -1.78. The maximum absolute atomic E-state index is 12.1. The van der Waals surface area contributed by atoms with Crippen LogP contribution in [0.15, 0.2) is 30.3 Å². The minimum Gasteiger partial charge on any atom is -0.465 e. The molecule has 2 saturated heterocycles. The normalized spacial score (nSPS) is 42.0. The summed E-state index contributed by atoms with van der Waals surface area (Å²) in [6.45, 7) is 18.4. The van der Waals surface area contributed by atoms with Crippen molar-refractivity contribution >= 4 is 21.4 Å². The fourth-order valence-corrected chi connectivity index (χ4v) is 14.6. The summed E-state index contributed by atoms with van der Waals surface area (Å²) in [5.41, 5.74) is 3.38. The molecule has 8 nitrogen and oxygen atoms in total. The monoisotopic (exact) mass is 723 g/mol. The molecule has 0 radical (unpaired) electrons. The zero-order chi connectivity index (χ0) is 36.6. The van der Waals surface area contributed by atoms with Crippen molar-refractivity contribution in [2.45, 2.75) is 110 Å². The van der Waals surface area contributed by atoms with E-state index in [0.717, 1.165) is 38.9 Å². The second kappa shape index (κ2) is 13.2. The van der Waals surface area contributed by atoms with E-state index >= 15 is 0 Å². The third-order valence-corrected chi connectivity index (χ3v) is 17.9. The van der Waals surface area contributed by atoms with Crippen LogP contribution in [0.3, 0.4) is 0 Å². The number of hydrogen-bond donors (Lipinski definition) is 3. The number of carbonyl (C=O) groups excluding carboxylic acids is 1. The van der Waals surface area contributed by atoms with Crippen molar-refractivity contribution in [1.82, 2.24) is 15.5 Å². The van der Waals surface area contributed by atoms with Crippen molar-refractivity contribution < 1.29 is 23.1 Å². The second-order valence-corrected chi connectivity index (χ2v) is 20.9. The number of benzene rings is 1. The summed E-state index contributed by atoms with van der Waals surface area (Å²) in [7, 11) is -1.46. The summed E-state index contributed by atoms with van der Waals surface area (Å²) < 4.78 is 29.1. The fourth-order valence-electron chi connectivity index (χ4n) is 13.4. The number of ether oxygens (including phenoxy) is 1. The van der Waals surface area contributed by atoms with Gasteiger partial charge in [-0.1, -0.05) is 52.8 Å². The van der Waals surface area contributed by atoms with Crippen LogP contribution >= 0.6 is 0 Å². The molecule has 0 amide bonds. The zero-order valence-corrected chi connectivity index (χ0v) is 33.2. The first-order valence-electron chi connectivity index (χ1n) is 20.1. The van der Waals surface area contributed by atoms with Crippen molar-refractivity contribution in [1.29, 1.82) is 0 Å². The number of allylic oxidation sites excluding steroid dienone is 2. The minimum absolute atomic E-state index is 0.0196. The van der Waals surface area contributed by atoms with Gasteiger partial charge in [-0.15, -0.1) is 0 Å². The number of rotatable bonds is 9. The zero-order valence-electron chi connectivity index (χ0n) is 32.4. The van der Waals surface area contributed by atoms with Crippen molar-refractivity contribution in [3.63, 3.8) is 0 Å². The van der Waals surface area contributed by atoms with Crippen molar-refractivity contribution in [2.24, 2.45) is 45.8 Å². The highest BCUT2D eigenvalue weighted by Crippen LogP contribution is 2.72. The topological polar surface area (TPSA) is 118 Å². The maximum atomic E-state index is 12.1. The lowest BCUT2D eigenvalue weighted by Gasteiger charge is -2.69. The van der Waals surface area contributed by atoms with Crippen LogP contribution < -0.4 is 10.6 Å². The Morgan fingerprint density at radius 1 is 1.00 bits per heavy atom. The first-order valence-corrected chi connectivity index (χ1v) is 21.9. The van der Waals surface area contributed by atoms with Crippen molar-refractivity contribution in [3.05, 3.63) is 41.5 Å². The van der Waals surface area contributed by atoms with Gasteiger partial charge in [0.1, 0.15) is 0 Å². The lowest BCUT2D eigenvalue weighted by Crippen LogP contribution is -2.69. The van der Waals surface area contributed by atoms with Gasteiger partial charge < -0.3 is 25.4 Å². The Morgan fingerprint density at radius 2 is 1.63 bits per heavy atom. The molecule has 4 aliphatic carbocycles. The SMILES string of the molecule is CCC1(NCCN2CCS(=O)(=O)CC2)CCC2(C)C3CCC4C(C)(C)C(c5ccc(C(=O)OC)cc5)=CCC4(C)C3CCC2C1C1(C(C)O)CN1. The van der Waals surface area contributed by atoms with E-state index in [0.29, 0.717) is 48.2 Å². The Bertz CT molecular complexity index is 1600. The molecule has 0 aromatic heterocycles. The predicted molar refractivity (Wildman–Crippen MR) is 204 cm³/mol. The Labute approximate surface area is 307 Å². The van der Waals surface area contributed by atoms with Gasteiger partial charge in [0.2, 0.25) is 0 Å². The highest BCUT2D eigenvalue weighted by atomic mass is 32.2. The summed E-state index contributed by atoms with van der Waals surface area (Å²) in [4.78, 5) is 14.4. The third kappa shape index (κ3) is 6.07. The standard InChI is InChI=1S/C42H65N3O5S/c1-8-41(43-21-22-45-23-25-51(48,49)26-24-45)20-19-39(5)32-15-16-35-38(3,4)31(29-9-11-30(12-10-29)37(47)50-7)17-18-40(35,6)33(32)13-14-34(39)36(41)42(27-44-42)28(2)46/h9-12,17,28,32-36,43-44,46H,8,13-16,18-27H2,1-7H3. The van der Waals surface area contributed by atoms with Crippen molar-refractivity contribution in [2.75, 3.05) is 51.3 Å². The van der Waals surface area contributed by atoms with Crippen LogP contribution in [-0.2, 0) is 14.6 Å². The molecular formula is C42H65N3O5S. The first kappa shape index (κ1) is 37.5. The molecule has 7 rings (SSSR count). The number of carbonyl (C=O) groups is 1. The van der Waals surface area contributed by atoms with Crippen LogP contribution in [0, 0.1) is 45.8 Å². The first-order chi connectivity index (χ1) is 24.1. The molecule has 0 bridgehead atoms. The van der Waals surface area contributed by atoms with Crippen LogP contribution in [0.4, 0.5) is 0 Å². The van der Waals surface area contributed by atoms with E-state index < -0.39 is 15.9 Å². The molecular weight excluding hydrogens is 659 g/mol. The quantitative estimate of drug-likeness (QED) is 0.211. The lowest BCUT2D eigenvalue weighted by atomic mass is 9.37. The average molecular weight is 724 g/mol. The number of aliphatic hydroxyl groups is 1. The molecule has 9 heteroatoms. The van der Waals surface area contributed by atoms with Gasteiger partial charge in [0.25, 0.3) is 0 Å². The average Bonchev–Trinajstić information content (AvgIpc) is 3.91. The summed E-state index contributed by atoms with van der Waals surface area (Å²) in [5.74, 6) is 3.03. The molecule has 6 aliphatic rings. The molecule has 10 unspecified atom stereocenters. The van der Waals surface area contributed by atoms with Gasteiger partial charge in [-0.25, -0.2) is 13.2 Å². The van der Waals surface area contributed by atoms with Gasteiger partial charge in [0.05, 0.1) is 35.8 Å². The fraction of sp³-hybridized carbons (Fsp3) is 0.786. The van der Waals surface area contributed by atoms with E-state index in [2.05, 4.69) is 68.4 Å². The highest BCUT2D eigenvalue weighted by Gasteiger charge is 2.70. The van der Waals surface area contributed by atoms with E-state index in [1.807, 2.05) is 19.1 Å². The molecule has 284 valence electrons. The number of sulfone groups is 1. The van der Waals surface area contributed by atoms with Crippen LogP contribution in [0.25, 0.3) is 5.57 Å². The van der Waals surface area contributed by atoms with Gasteiger partial charge >= 0.3 is 5.97 Å². The van der Waals surface area contributed by atoms with Crippen molar-refractivity contribution in [3.8, 4) is 0 Å². The van der Waals surface area contributed by atoms with Crippen LogP contribution in [0.1, 0.15) is 109 Å². The Morgan fingerprint density at radius 3 is 2.24 bits per heavy atom. The molecule has 1 aromatic carbocycles.